The van der Waals surface area contributed by atoms with Gasteiger partial charge in [-0.2, -0.15) is 0 Å². The molecule has 5 heteroatoms. The number of hydrogen-bond acceptors (Lipinski definition) is 4. The average molecular weight is 248 g/mol. The van der Waals surface area contributed by atoms with E-state index in [1.165, 1.54) is 0 Å². The van der Waals surface area contributed by atoms with Crippen molar-refractivity contribution < 1.29 is 14.6 Å². The molecule has 0 bridgehead atoms. The van der Waals surface area contributed by atoms with Crippen LogP contribution in [0.5, 0.6) is 11.5 Å². The molecule has 0 saturated heterocycles. The summed E-state index contributed by atoms with van der Waals surface area (Å²) >= 11 is 0. The number of rotatable bonds is 5. The van der Waals surface area contributed by atoms with Gasteiger partial charge in [-0.25, -0.2) is 0 Å². The lowest BCUT2D eigenvalue weighted by atomic mass is 10.00. The van der Waals surface area contributed by atoms with Crippen molar-refractivity contribution in [2.75, 3.05) is 27.4 Å². The quantitative estimate of drug-likeness (QED) is 0.820. The molecule has 0 aliphatic rings. The molecular formula is C11H18ClNO3. The molecule has 16 heavy (non-hydrogen) atoms. The number of aliphatic hydroxyl groups excluding tert-OH is 1. The monoisotopic (exact) mass is 247 g/mol. The van der Waals surface area contributed by atoms with Gasteiger partial charge in [-0.1, -0.05) is 6.07 Å². The van der Waals surface area contributed by atoms with E-state index in [-0.39, 0.29) is 24.9 Å². The van der Waals surface area contributed by atoms with Gasteiger partial charge in [0, 0.05) is 12.5 Å². The predicted molar refractivity (Wildman–Crippen MR) is 65.7 cm³/mol. The fourth-order valence-electron chi connectivity index (χ4n) is 1.42. The van der Waals surface area contributed by atoms with Gasteiger partial charge >= 0.3 is 0 Å². The van der Waals surface area contributed by atoms with Crippen LogP contribution in [0.15, 0.2) is 18.2 Å². The van der Waals surface area contributed by atoms with Crippen molar-refractivity contribution in [3.05, 3.63) is 23.8 Å². The zero-order valence-corrected chi connectivity index (χ0v) is 10.3. The van der Waals surface area contributed by atoms with E-state index in [9.17, 15) is 0 Å². The van der Waals surface area contributed by atoms with Crippen LogP contribution in [0.3, 0.4) is 0 Å². The van der Waals surface area contributed by atoms with E-state index in [4.69, 9.17) is 20.3 Å². The lowest BCUT2D eigenvalue weighted by molar-refractivity contribution is 0.267. The van der Waals surface area contributed by atoms with E-state index >= 15 is 0 Å². The van der Waals surface area contributed by atoms with Gasteiger partial charge in [0.15, 0.2) is 11.5 Å². The summed E-state index contributed by atoms with van der Waals surface area (Å²) in [5.74, 6) is 1.28. The maximum atomic E-state index is 9.12. The van der Waals surface area contributed by atoms with Gasteiger partial charge in [0.2, 0.25) is 0 Å². The van der Waals surface area contributed by atoms with E-state index in [1.807, 2.05) is 18.2 Å². The molecular weight excluding hydrogens is 230 g/mol. The second-order valence-electron chi connectivity index (χ2n) is 3.23. The number of benzene rings is 1. The summed E-state index contributed by atoms with van der Waals surface area (Å²) in [5, 5.41) is 9.12. The lowest BCUT2D eigenvalue weighted by Gasteiger charge is -2.14. The summed E-state index contributed by atoms with van der Waals surface area (Å²) in [7, 11) is 3.17. The maximum Gasteiger partial charge on any atom is 0.160 e. The minimum Gasteiger partial charge on any atom is -0.493 e. The molecule has 4 nitrogen and oxygen atoms in total. The van der Waals surface area contributed by atoms with Crippen molar-refractivity contribution in [2.45, 2.75) is 5.92 Å². The third kappa shape index (κ3) is 3.27. The average Bonchev–Trinajstić information content (AvgIpc) is 2.30. The number of aliphatic hydroxyl groups is 1. The van der Waals surface area contributed by atoms with E-state index in [2.05, 4.69) is 0 Å². The van der Waals surface area contributed by atoms with Crippen molar-refractivity contribution in [3.63, 3.8) is 0 Å². The highest BCUT2D eigenvalue weighted by Gasteiger charge is 2.11. The Balaban J connectivity index is 0.00000225. The minimum absolute atomic E-state index is 0. The van der Waals surface area contributed by atoms with Crippen LogP contribution in [0.1, 0.15) is 11.5 Å². The molecule has 0 fully saturated rings. The van der Waals surface area contributed by atoms with E-state index in [0.717, 1.165) is 5.56 Å². The predicted octanol–water partition coefficient (Wildman–Crippen LogP) is 1.16. The van der Waals surface area contributed by atoms with Crippen LogP contribution in [0.4, 0.5) is 0 Å². The van der Waals surface area contributed by atoms with E-state index in [1.54, 1.807) is 14.2 Å². The van der Waals surface area contributed by atoms with Gasteiger partial charge in [-0.3, -0.25) is 0 Å². The van der Waals surface area contributed by atoms with Gasteiger partial charge in [0.25, 0.3) is 0 Å². The van der Waals surface area contributed by atoms with Gasteiger partial charge in [-0.15, -0.1) is 12.4 Å². The van der Waals surface area contributed by atoms with Gasteiger partial charge in [0.1, 0.15) is 0 Å². The van der Waals surface area contributed by atoms with Crippen molar-refractivity contribution in [1.82, 2.24) is 0 Å². The Morgan fingerprint density at radius 3 is 2.31 bits per heavy atom. The second-order valence-corrected chi connectivity index (χ2v) is 3.23. The van der Waals surface area contributed by atoms with Crippen LogP contribution in [0, 0.1) is 0 Å². The SMILES string of the molecule is COc1ccc(C(CN)CO)cc1OC.Cl. The second kappa shape index (κ2) is 7.33. The van der Waals surface area contributed by atoms with Crippen LogP contribution in [0.2, 0.25) is 0 Å². The molecule has 0 aliphatic heterocycles. The van der Waals surface area contributed by atoms with Crippen molar-refractivity contribution in [3.8, 4) is 11.5 Å². The Morgan fingerprint density at radius 2 is 1.88 bits per heavy atom. The molecule has 0 heterocycles. The number of halogens is 1. The molecule has 0 radical (unpaired) electrons. The maximum absolute atomic E-state index is 9.12. The molecule has 0 amide bonds. The van der Waals surface area contributed by atoms with E-state index < -0.39 is 0 Å². The standard InChI is InChI=1S/C11H17NO3.ClH/c1-14-10-4-3-8(5-11(10)15-2)9(6-12)7-13;/h3-5,9,13H,6-7,12H2,1-2H3;1H. The Labute approximate surface area is 102 Å². The first kappa shape index (κ1) is 15.0. The highest BCUT2D eigenvalue weighted by Crippen LogP contribution is 2.30. The minimum atomic E-state index is -0.0511. The van der Waals surface area contributed by atoms with Crippen molar-refractivity contribution >= 4 is 12.4 Å². The molecule has 3 N–H and O–H groups in total. The Kier molecular flexibility index (Phi) is 6.88. The third-order valence-corrected chi connectivity index (χ3v) is 2.38. The summed E-state index contributed by atoms with van der Waals surface area (Å²) in [4.78, 5) is 0. The van der Waals surface area contributed by atoms with Crippen LogP contribution >= 0.6 is 12.4 Å². The molecule has 0 aliphatic carbocycles. The summed E-state index contributed by atoms with van der Waals surface area (Å²) in [6, 6.07) is 5.54. The summed E-state index contributed by atoms with van der Waals surface area (Å²) < 4.78 is 10.3. The largest absolute Gasteiger partial charge is 0.493 e. The zero-order valence-electron chi connectivity index (χ0n) is 9.47. The van der Waals surface area contributed by atoms with E-state index in [0.29, 0.717) is 18.0 Å². The van der Waals surface area contributed by atoms with Crippen molar-refractivity contribution in [2.24, 2.45) is 5.73 Å². The lowest BCUT2D eigenvalue weighted by Crippen LogP contribution is -2.16. The Hall–Kier alpha value is -0.970. The van der Waals surface area contributed by atoms with Gasteiger partial charge in [-0.05, 0) is 17.7 Å². The van der Waals surface area contributed by atoms with Crippen molar-refractivity contribution in [1.29, 1.82) is 0 Å². The highest BCUT2D eigenvalue weighted by atomic mass is 35.5. The highest BCUT2D eigenvalue weighted by molar-refractivity contribution is 5.85. The molecule has 1 rings (SSSR count). The van der Waals surface area contributed by atoms with Gasteiger partial charge in [0.05, 0.1) is 20.8 Å². The first-order valence-corrected chi connectivity index (χ1v) is 4.79. The van der Waals surface area contributed by atoms with Crippen LogP contribution in [-0.2, 0) is 0 Å². The van der Waals surface area contributed by atoms with Crippen LogP contribution in [0.25, 0.3) is 0 Å². The number of hydrogen-bond donors (Lipinski definition) is 2. The van der Waals surface area contributed by atoms with Crippen LogP contribution < -0.4 is 15.2 Å². The first-order chi connectivity index (χ1) is 7.26. The number of methoxy groups -OCH3 is 2. The molecule has 0 aromatic heterocycles. The normalized spacial score (nSPS) is 11.5. The molecule has 1 atom stereocenters. The molecule has 1 aromatic carbocycles. The molecule has 0 spiro atoms. The first-order valence-electron chi connectivity index (χ1n) is 4.79. The Morgan fingerprint density at radius 1 is 1.25 bits per heavy atom. The summed E-state index contributed by atoms with van der Waals surface area (Å²) in [5.41, 5.74) is 6.50. The molecule has 0 saturated carbocycles. The summed E-state index contributed by atoms with van der Waals surface area (Å²) in [6.07, 6.45) is 0. The molecule has 92 valence electrons. The number of ether oxygens (including phenoxy) is 2. The molecule has 1 unspecified atom stereocenters. The fraction of sp³-hybridized carbons (Fsp3) is 0.455. The van der Waals surface area contributed by atoms with Gasteiger partial charge < -0.3 is 20.3 Å². The molecule has 1 aromatic rings. The number of nitrogens with two attached hydrogens (primary N) is 1. The summed E-state index contributed by atoms with van der Waals surface area (Å²) in [6.45, 7) is 0.442. The fourth-order valence-corrected chi connectivity index (χ4v) is 1.42. The Bertz CT molecular complexity index is 316. The smallest absolute Gasteiger partial charge is 0.160 e. The van der Waals surface area contributed by atoms with Crippen LogP contribution in [-0.4, -0.2) is 32.5 Å². The topological polar surface area (TPSA) is 64.7 Å². The zero-order chi connectivity index (χ0) is 11.3. The third-order valence-electron chi connectivity index (χ3n) is 2.38.